The molecule has 1 aromatic rings. The molecule has 0 amide bonds. The summed E-state index contributed by atoms with van der Waals surface area (Å²) in [7, 11) is -3.16. The second kappa shape index (κ2) is 4.99. The van der Waals surface area contributed by atoms with Crippen molar-refractivity contribution in [2.24, 2.45) is 0 Å². The largest absolute Gasteiger partial charge is 0.293 e. The fourth-order valence-electron chi connectivity index (χ4n) is 2.21. The first-order valence-corrected chi connectivity index (χ1v) is 7.97. The molecule has 0 aliphatic carbocycles. The van der Waals surface area contributed by atoms with Gasteiger partial charge in [-0.1, -0.05) is 0 Å². The second-order valence-electron chi connectivity index (χ2n) is 5.06. The van der Waals surface area contributed by atoms with E-state index in [4.69, 9.17) is 0 Å². The molecule has 6 nitrogen and oxygen atoms in total. The maximum atomic E-state index is 11.2. The minimum Gasteiger partial charge on any atom is -0.293 e. The van der Waals surface area contributed by atoms with Gasteiger partial charge in [-0.3, -0.25) is 9.58 Å². The van der Waals surface area contributed by atoms with Gasteiger partial charge in [0.2, 0.25) is 10.0 Å². The fourth-order valence-corrected chi connectivity index (χ4v) is 2.70. The number of hydrogen-bond donors (Lipinski definition) is 1. The molecular weight excluding hydrogens is 252 g/mol. The molecule has 7 heteroatoms. The highest BCUT2D eigenvalue weighted by Crippen LogP contribution is 2.21. The number of nitrogens with one attached hydrogen (secondary N) is 1. The minimum atomic E-state index is -3.16. The van der Waals surface area contributed by atoms with E-state index >= 15 is 0 Å². The van der Waals surface area contributed by atoms with Crippen LogP contribution in [0.15, 0.2) is 12.3 Å². The number of sulfonamides is 1. The summed E-state index contributed by atoms with van der Waals surface area (Å²) >= 11 is 0. The topological polar surface area (TPSA) is 67.2 Å². The van der Waals surface area contributed by atoms with Gasteiger partial charge in [-0.2, -0.15) is 5.10 Å². The van der Waals surface area contributed by atoms with Gasteiger partial charge in [-0.05, 0) is 19.9 Å². The molecule has 0 unspecified atom stereocenters. The van der Waals surface area contributed by atoms with Gasteiger partial charge in [-0.25, -0.2) is 13.1 Å². The molecule has 0 radical (unpaired) electrons. The Bertz CT molecular complexity index is 509. The summed E-state index contributed by atoms with van der Waals surface area (Å²) in [5.41, 5.74) is 1.13. The zero-order valence-electron chi connectivity index (χ0n) is 11.0. The lowest BCUT2D eigenvalue weighted by Crippen LogP contribution is -2.45. The van der Waals surface area contributed by atoms with Gasteiger partial charge in [0.1, 0.15) is 0 Å². The number of hydrogen-bond acceptors (Lipinski definition) is 4. The van der Waals surface area contributed by atoms with Crippen molar-refractivity contribution in [3.05, 3.63) is 18.0 Å². The molecule has 1 atom stereocenters. The fraction of sp³-hybridized carbons (Fsp3) is 0.727. The van der Waals surface area contributed by atoms with Gasteiger partial charge in [0.15, 0.2) is 0 Å². The lowest BCUT2D eigenvalue weighted by atomic mass is 10.1. The van der Waals surface area contributed by atoms with Crippen molar-refractivity contribution in [2.45, 2.75) is 32.5 Å². The number of aromatic nitrogens is 2. The molecule has 1 N–H and O–H groups in total. The molecule has 0 saturated heterocycles. The van der Waals surface area contributed by atoms with Crippen molar-refractivity contribution in [1.29, 1.82) is 0 Å². The first kappa shape index (κ1) is 13.5. The van der Waals surface area contributed by atoms with E-state index in [9.17, 15) is 8.42 Å². The monoisotopic (exact) mass is 272 g/mol. The molecule has 0 spiro atoms. The highest BCUT2D eigenvalue weighted by atomic mass is 32.2. The lowest BCUT2D eigenvalue weighted by molar-refractivity contribution is 0.140. The third-order valence-corrected chi connectivity index (χ3v) is 3.91. The normalized spacial score (nSPS) is 21.2. The van der Waals surface area contributed by atoms with Gasteiger partial charge < -0.3 is 0 Å². The molecule has 2 heterocycles. The van der Waals surface area contributed by atoms with E-state index in [1.807, 2.05) is 10.7 Å². The molecule has 102 valence electrons. The van der Waals surface area contributed by atoms with Crippen LogP contribution in [-0.2, 0) is 16.6 Å². The van der Waals surface area contributed by atoms with Crippen LogP contribution >= 0.6 is 0 Å². The van der Waals surface area contributed by atoms with Crippen LogP contribution < -0.4 is 4.72 Å². The van der Waals surface area contributed by atoms with E-state index in [2.05, 4.69) is 28.6 Å². The maximum Gasteiger partial charge on any atom is 0.208 e. The predicted octanol–water partition coefficient (Wildman–Crippen LogP) is 0.197. The van der Waals surface area contributed by atoms with Crippen molar-refractivity contribution in [1.82, 2.24) is 19.4 Å². The molecule has 1 aliphatic heterocycles. The van der Waals surface area contributed by atoms with Gasteiger partial charge in [0.25, 0.3) is 0 Å². The smallest absolute Gasteiger partial charge is 0.208 e. The van der Waals surface area contributed by atoms with Crippen LogP contribution in [0.25, 0.3) is 0 Å². The standard InChI is InChI=1S/C11H20N4O2S/c1-9(2)14-7-10-4-5-12-15(10)11(8-14)6-13-18(3,16)17/h4-5,9,11,13H,6-8H2,1-3H3/t11-/m1/s1. The van der Waals surface area contributed by atoms with Crippen LogP contribution in [0.1, 0.15) is 25.6 Å². The zero-order chi connectivity index (χ0) is 13.3. The Morgan fingerprint density at radius 2 is 2.28 bits per heavy atom. The summed E-state index contributed by atoms with van der Waals surface area (Å²) in [6.45, 7) is 6.36. The van der Waals surface area contributed by atoms with Crippen LogP contribution in [0, 0.1) is 0 Å². The molecule has 1 aromatic heterocycles. The van der Waals surface area contributed by atoms with Crippen LogP contribution in [0.4, 0.5) is 0 Å². The van der Waals surface area contributed by atoms with E-state index in [1.54, 1.807) is 6.20 Å². The van der Waals surface area contributed by atoms with E-state index in [1.165, 1.54) is 6.26 Å². The van der Waals surface area contributed by atoms with Gasteiger partial charge in [0.05, 0.1) is 18.0 Å². The van der Waals surface area contributed by atoms with Crippen LogP contribution in [0.3, 0.4) is 0 Å². The molecule has 0 bridgehead atoms. The second-order valence-corrected chi connectivity index (χ2v) is 6.90. The first-order valence-electron chi connectivity index (χ1n) is 6.08. The van der Waals surface area contributed by atoms with Gasteiger partial charge in [0, 0.05) is 31.9 Å². The molecule has 0 fully saturated rings. The van der Waals surface area contributed by atoms with E-state index in [0.29, 0.717) is 12.6 Å². The Kier molecular flexibility index (Phi) is 3.74. The maximum absolute atomic E-state index is 11.2. The molecule has 0 saturated carbocycles. The van der Waals surface area contributed by atoms with E-state index in [-0.39, 0.29) is 6.04 Å². The first-order chi connectivity index (χ1) is 8.37. The Balaban J connectivity index is 2.14. The Morgan fingerprint density at radius 1 is 1.56 bits per heavy atom. The van der Waals surface area contributed by atoms with E-state index < -0.39 is 10.0 Å². The van der Waals surface area contributed by atoms with Crippen LogP contribution in [0.5, 0.6) is 0 Å². The molecule has 1 aliphatic rings. The molecule has 18 heavy (non-hydrogen) atoms. The van der Waals surface area contributed by atoms with Gasteiger partial charge >= 0.3 is 0 Å². The zero-order valence-corrected chi connectivity index (χ0v) is 11.8. The van der Waals surface area contributed by atoms with Crippen molar-refractivity contribution in [2.75, 3.05) is 19.3 Å². The average molecular weight is 272 g/mol. The number of fused-ring (bicyclic) bond motifs is 1. The SMILES string of the molecule is CC(C)N1Cc2ccnn2[C@H](CNS(C)(=O)=O)C1. The molecular formula is C11H20N4O2S. The third-order valence-electron chi connectivity index (χ3n) is 3.22. The highest BCUT2D eigenvalue weighted by Gasteiger charge is 2.27. The lowest BCUT2D eigenvalue weighted by Gasteiger charge is -2.36. The van der Waals surface area contributed by atoms with Crippen LogP contribution in [0.2, 0.25) is 0 Å². The Hall–Kier alpha value is -0.920. The predicted molar refractivity (Wildman–Crippen MR) is 69.7 cm³/mol. The summed E-state index contributed by atoms with van der Waals surface area (Å²) < 4.78 is 26.9. The quantitative estimate of drug-likeness (QED) is 0.850. The summed E-state index contributed by atoms with van der Waals surface area (Å²) in [4.78, 5) is 2.33. The van der Waals surface area contributed by atoms with E-state index in [0.717, 1.165) is 18.8 Å². The van der Waals surface area contributed by atoms with Crippen molar-refractivity contribution in [3.63, 3.8) is 0 Å². The number of nitrogens with zero attached hydrogens (tertiary/aromatic N) is 3. The molecule has 0 aromatic carbocycles. The average Bonchev–Trinajstić information content (AvgIpc) is 2.72. The Morgan fingerprint density at radius 3 is 2.89 bits per heavy atom. The third kappa shape index (κ3) is 3.09. The highest BCUT2D eigenvalue weighted by molar-refractivity contribution is 7.88. The summed E-state index contributed by atoms with van der Waals surface area (Å²) in [5.74, 6) is 0. The molecule has 2 rings (SSSR count). The van der Waals surface area contributed by atoms with Gasteiger partial charge in [-0.15, -0.1) is 0 Å². The van der Waals surface area contributed by atoms with Crippen molar-refractivity contribution < 1.29 is 8.42 Å². The van der Waals surface area contributed by atoms with Crippen molar-refractivity contribution >= 4 is 10.0 Å². The summed E-state index contributed by atoms with van der Waals surface area (Å²) in [6.07, 6.45) is 2.95. The Labute approximate surface area is 108 Å². The minimum absolute atomic E-state index is 0.0564. The summed E-state index contributed by atoms with van der Waals surface area (Å²) in [6, 6.07) is 2.48. The number of rotatable bonds is 4. The summed E-state index contributed by atoms with van der Waals surface area (Å²) in [5, 5.41) is 4.29. The van der Waals surface area contributed by atoms with Crippen LogP contribution in [-0.4, -0.2) is 48.5 Å². The van der Waals surface area contributed by atoms with Crippen molar-refractivity contribution in [3.8, 4) is 0 Å².